The number of likely N-dealkylation sites (tertiary alicyclic amines) is 1. The fraction of sp³-hybridized carbons (Fsp3) is 0.571. The van der Waals surface area contributed by atoms with Crippen molar-refractivity contribution in [3.05, 3.63) is 40.5 Å². The van der Waals surface area contributed by atoms with Gasteiger partial charge in [-0.1, -0.05) is 5.16 Å². The first-order chi connectivity index (χ1) is 10.1. The lowest BCUT2D eigenvalue weighted by Gasteiger charge is -2.47. The molecule has 0 saturated carbocycles. The quantitative estimate of drug-likeness (QED) is 0.498. The Hall–Kier alpha value is -1.86. The maximum absolute atomic E-state index is 12.6. The van der Waals surface area contributed by atoms with Gasteiger partial charge in [0.2, 0.25) is 0 Å². The van der Waals surface area contributed by atoms with Crippen LogP contribution < -0.4 is 10.0 Å². The van der Waals surface area contributed by atoms with Crippen LogP contribution in [0.15, 0.2) is 29.7 Å². The molecule has 7 nitrogen and oxygen atoms in total. The number of oxime groups is 1. The highest BCUT2D eigenvalue weighted by Gasteiger charge is 2.28. The average Bonchev–Trinajstić information content (AvgIpc) is 2.48. The summed E-state index contributed by atoms with van der Waals surface area (Å²) in [7, 11) is 0. The number of hydrogen-bond acceptors (Lipinski definition) is 5. The first-order valence-corrected chi connectivity index (χ1v) is 7.37. The lowest BCUT2D eigenvalue weighted by Crippen LogP contribution is -2.57. The summed E-state index contributed by atoms with van der Waals surface area (Å²) in [6, 6.07) is 3.37. The van der Waals surface area contributed by atoms with Crippen LogP contribution in [0.2, 0.25) is 0 Å². The molecule has 1 unspecified atom stereocenters. The normalized spacial score (nSPS) is 24.6. The molecule has 1 fully saturated rings. The van der Waals surface area contributed by atoms with E-state index in [1.165, 1.54) is 12.4 Å². The lowest BCUT2D eigenvalue weighted by atomic mass is 10.1. The molecule has 1 saturated heterocycles. The molecule has 1 N–H and O–H groups in total. The van der Waals surface area contributed by atoms with Crippen molar-refractivity contribution in [1.82, 2.24) is 5.32 Å². The number of nitrogens with one attached hydrogen (secondary N) is 1. The van der Waals surface area contributed by atoms with E-state index >= 15 is 0 Å². The zero-order chi connectivity index (χ0) is 14.7. The van der Waals surface area contributed by atoms with Crippen LogP contribution in [0.5, 0.6) is 0 Å². The highest BCUT2D eigenvalue weighted by atomic mass is 16.6. The van der Waals surface area contributed by atoms with E-state index in [1.807, 2.05) is 0 Å². The predicted molar refractivity (Wildman–Crippen MR) is 76.9 cm³/mol. The van der Waals surface area contributed by atoms with Crippen LogP contribution in [0.25, 0.3) is 0 Å². The topological polar surface area (TPSA) is 83.6 Å². The van der Waals surface area contributed by atoms with Crippen LogP contribution in [0.3, 0.4) is 0 Å². The number of quaternary nitrogens is 1. The van der Waals surface area contributed by atoms with E-state index < -0.39 is 0 Å². The van der Waals surface area contributed by atoms with Crippen molar-refractivity contribution in [2.24, 2.45) is 5.16 Å². The number of pyridine rings is 1. The minimum atomic E-state index is -0.162. The second-order valence-electron chi connectivity index (χ2n) is 5.78. The van der Waals surface area contributed by atoms with Gasteiger partial charge < -0.3 is 25.2 Å². The van der Waals surface area contributed by atoms with Crippen molar-refractivity contribution >= 4 is 5.84 Å². The fourth-order valence-corrected chi connectivity index (χ4v) is 2.96. The van der Waals surface area contributed by atoms with E-state index in [9.17, 15) is 10.4 Å². The summed E-state index contributed by atoms with van der Waals surface area (Å²) < 4.78 is 0.556. The van der Waals surface area contributed by atoms with E-state index in [0.29, 0.717) is 37.6 Å². The Morgan fingerprint density at radius 2 is 2.19 bits per heavy atom. The van der Waals surface area contributed by atoms with Gasteiger partial charge in [0.15, 0.2) is 18.2 Å². The van der Waals surface area contributed by atoms with Gasteiger partial charge in [-0.25, -0.2) is 0 Å². The van der Waals surface area contributed by atoms with E-state index in [-0.39, 0.29) is 10.7 Å². The molecule has 1 aromatic heterocycles. The Kier molecular flexibility index (Phi) is 3.94. The summed E-state index contributed by atoms with van der Waals surface area (Å²) in [5.74, 6) is 0.514. The molecule has 0 amide bonds. The maximum Gasteiger partial charge on any atom is 0.191 e. The molecule has 3 heterocycles. The zero-order valence-corrected chi connectivity index (χ0v) is 11.9. The summed E-state index contributed by atoms with van der Waals surface area (Å²) in [4.78, 5) is 5.24. The first-order valence-electron chi connectivity index (χ1n) is 7.37. The van der Waals surface area contributed by atoms with Crippen LogP contribution in [0.1, 0.15) is 24.8 Å². The molecule has 1 atom stereocenters. The third-order valence-electron chi connectivity index (χ3n) is 4.01. The Morgan fingerprint density at radius 1 is 1.38 bits per heavy atom. The maximum atomic E-state index is 12.6. The van der Waals surface area contributed by atoms with Crippen molar-refractivity contribution < 1.29 is 14.2 Å². The second-order valence-corrected chi connectivity index (χ2v) is 5.78. The van der Waals surface area contributed by atoms with Crippen LogP contribution in [0, 0.1) is 10.4 Å². The predicted octanol–water partition coefficient (Wildman–Crippen LogP) is 0.468. The Bertz CT molecular complexity index is 529. The average molecular weight is 292 g/mol. The van der Waals surface area contributed by atoms with Gasteiger partial charge in [-0.2, -0.15) is 4.73 Å². The van der Waals surface area contributed by atoms with Crippen LogP contribution >= 0.6 is 0 Å². The van der Waals surface area contributed by atoms with Gasteiger partial charge in [0, 0.05) is 6.07 Å². The van der Waals surface area contributed by atoms with E-state index in [1.54, 1.807) is 12.1 Å². The fourth-order valence-electron chi connectivity index (χ4n) is 2.96. The number of aromatic nitrogens is 1. The third-order valence-corrected chi connectivity index (χ3v) is 4.01. The van der Waals surface area contributed by atoms with Crippen molar-refractivity contribution in [2.75, 3.05) is 26.2 Å². The number of hydroxylamine groups is 3. The number of rotatable bonds is 3. The number of amidine groups is 1. The molecule has 0 radical (unpaired) electrons. The smallest absolute Gasteiger partial charge is 0.191 e. The second kappa shape index (κ2) is 5.87. The third kappa shape index (κ3) is 3.43. The molecule has 21 heavy (non-hydrogen) atoms. The number of nitrogens with zero attached hydrogens (tertiary/aromatic N) is 3. The summed E-state index contributed by atoms with van der Waals surface area (Å²) in [6.07, 6.45) is 5.98. The summed E-state index contributed by atoms with van der Waals surface area (Å²) in [6.45, 7) is 2.21. The molecule has 0 bridgehead atoms. The molecular formula is C14H20N4O3. The highest BCUT2D eigenvalue weighted by Crippen LogP contribution is 2.18. The molecule has 0 spiro atoms. The molecule has 0 aromatic carbocycles. The van der Waals surface area contributed by atoms with Gasteiger partial charge >= 0.3 is 0 Å². The SMILES string of the molecule is [O-][n+]1cccc(C2=NOCC(C[N+]3([O-])CCCCC3)N2)c1. The Balaban J connectivity index is 1.66. The minimum absolute atomic E-state index is 0.0755. The first kappa shape index (κ1) is 14.1. The van der Waals surface area contributed by atoms with Gasteiger partial charge in [-0.3, -0.25) is 0 Å². The standard InChI is InChI=1S/C14H20N4O3/c19-17-6-4-5-12(9-17)14-15-13(11-21-16-14)10-18(20)7-2-1-3-8-18/h4-6,9,13H,1-3,7-8,10-11H2,(H,15,16). The monoisotopic (exact) mass is 292 g/mol. The Morgan fingerprint density at radius 3 is 2.95 bits per heavy atom. The number of hydrogen-bond donors (Lipinski definition) is 1. The van der Waals surface area contributed by atoms with E-state index in [4.69, 9.17) is 4.84 Å². The summed E-state index contributed by atoms with van der Waals surface area (Å²) in [5, 5.41) is 31.1. The van der Waals surface area contributed by atoms with Crippen molar-refractivity contribution in [1.29, 1.82) is 0 Å². The molecule has 1 aromatic rings. The molecule has 0 aliphatic carbocycles. The van der Waals surface area contributed by atoms with E-state index in [2.05, 4.69) is 10.5 Å². The van der Waals surface area contributed by atoms with Crippen molar-refractivity contribution in [3.8, 4) is 0 Å². The molecule has 3 rings (SSSR count). The highest BCUT2D eigenvalue weighted by molar-refractivity contribution is 5.98. The molecule has 2 aliphatic heterocycles. The molecule has 7 heteroatoms. The molecule has 2 aliphatic rings. The van der Waals surface area contributed by atoms with Gasteiger partial charge in [-0.05, 0) is 25.3 Å². The van der Waals surface area contributed by atoms with Gasteiger partial charge in [0.25, 0.3) is 0 Å². The van der Waals surface area contributed by atoms with E-state index in [0.717, 1.165) is 24.0 Å². The van der Waals surface area contributed by atoms with Crippen molar-refractivity contribution in [3.63, 3.8) is 0 Å². The van der Waals surface area contributed by atoms with Crippen LogP contribution in [-0.4, -0.2) is 42.8 Å². The van der Waals surface area contributed by atoms with Gasteiger partial charge in [-0.15, -0.1) is 0 Å². The minimum Gasteiger partial charge on any atom is -0.633 e. The summed E-state index contributed by atoms with van der Waals surface area (Å²) in [5.41, 5.74) is 0.660. The van der Waals surface area contributed by atoms with Gasteiger partial charge in [0.1, 0.15) is 19.2 Å². The van der Waals surface area contributed by atoms with Crippen LogP contribution in [0.4, 0.5) is 0 Å². The molecule has 114 valence electrons. The summed E-state index contributed by atoms with van der Waals surface area (Å²) >= 11 is 0. The molecular weight excluding hydrogens is 272 g/mol. The largest absolute Gasteiger partial charge is 0.633 e. The van der Waals surface area contributed by atoms with Gasteiger partial charge in [0.05, 0.1) is 18.7 Å². The number of piperidine rings is 1. The zero-order valence-electron chi connectivity index (χ0n) is 11.9. The van der Waals surface area contributed by atoms with Crippen molar-refractivity contribution in [2.45, 2.75) is 25.3 Å². The van der Waals surface area contributed by atoms with Crippen LogP contribution in [-0.2, 0) is 4.84 Å². The Labute approximate surface area is 123 Å². The lowest BCUT2D eigenvalue weighted by molar-refractivity contribution is -0.886.